The molecule has 1 heterocycles. The molecule has 100 valence electrons. The van der Waals surface area contributed by atoms with Crippen LogP contribution < -0.4 is 11.1 Å². The lowest BCUT2D eigenvalue weighted by atomic mass is 9.83. The molecule has 1 saturated carbocycles. The maximum Gasteiger partial charge on any atom is 0.224 e. The van der Waals surface area contributed by atoms with Crippen LogP contribution in [-0.4, -0.2) is 16.5 Å². The molecular weight excluding hydrogens is 248 g/mol. The Morgan fingerprint density at radius 1 is 1.28 bits per heavy atom. The van der Waals surface area contributed by atoms with Gasteiger partial charge >= 0.3 is 0 Å². The Kier molecular flexibility index (Phi) is 4.27. The van der Waals surface area contributed by atoms with Crippen LogP contribution in [0, 0.1) is 18.8 Å². The predicted octanol–water partition coefficient (Wildman–Crippen LogP) is 3.26. The highest BCUT2D eigenvalue weighted by atomic mass is 35.5. The van der Waals surface area contributed by atoms with E-state index in [-0.39, 0.29) is 5.28 Å². The van der Waals surface area contributed by atoms with Gasteiger partial charge in [-0.25, -0.2) is 4.98 Å². The lowest BCUT2D eigenvalue weighted by Crippen LogP contribution is -2.21. The molecular formula is C13H21ClN4. The van der Waals surface area contributed by atoms with Gasteiger partial charge < -0.3 is 11.1 Å². The van der Waals surface area contributed by atoms with E-state index in [1.165, 1.54) is 25.7 Å². The third-order valence-corrected chi connectivity index (χ3v) is 3.97. The number of hydrogen-bond donors (Lipinski definition) is 2. The largest absolute Gasteiger partial charge is 0.394 e. The van der Waals surface area contributed by atoms with Crippen molar-refractivity contribution in [3.05, 3.63) is 11.0 Å². The summed E-state index contributed by atoms with van der Waals surface area (Å²) in [6.45, 7) is 5.09. The van der Waals surface area contributed by atoms with E-state index in [1.54, 1.807) is 0 Å². The van der Waals surface area contributed by atoms with Gasteiger partial charge in [0.05, 0.1) is 11.4 Å². The van der Waals surface area contributed by atoms with E-state index in [0.717, 1.165) is 24.1 Å². The highest BCUT2D eigenvalue weighted by Gasteiger charge is 2.18. The average molecular weight is 269 g/mol. The summed E-state index contributed by atoms with van der Waals surface area (Å²) in [5.41, 5.74) is 7.27. The molecule has 0 radical (unpaired) electrons. The van der Waals surface area contributed by atoms with Crippen molar-refractivity contribution in [2.75, 3.05) is 17.6 Å². The van der Waals surface area contributed by atoms with Gasteiger partial charge in [0.15, 0.2) is 5.82 Å². The minimum absolute atomic E-state index is 0.251. The van der Waals surface area contributed by atoms with Crippen molar-refractivity contribution >= 4 is 23.1 Å². The Balaban J connectivity index is 1.94. The van der Waals surface area contributed by atoms with Gasteiger partial charge in [0, 0.05) is 6.54 Å². The number of nitrogens with one attached hydrogen (secondary N) is 1. The van der Waals surface area contributed by atoms with Crippen molar-refractivity contribution in [2.45, 2.75) is 39.5 Å². The third-order valence-electron chi connectivity index (χ3n) is 3.80. The van der Waals surface area contributed by atoms with Gasteiger partial charge in [-0.2, -0.15) is 4.98 Å². The Labute approximate surface area is 113 Å². The second kappa shape index (κ2) is 5.74. The molecule has 0 bridgehead atoms. The summed E-state index contributed by atoms with van der Waals surface area (Å²) >= 11 is 5.84. The molecule has 3 N–H and O–H groups in total. The minimum Gasteiger partial charge on any atom is -0.394 e. The lowest BCUT2D eigenvalue weighted by molar-refractivity contribution is 0.300. The summed E-state index contributed by atoms with van der Waals surface area (Å²) in [4.78, 5) is 8.18. The molecule has 0 atom stereocenters. The van der Waals surface area contributed by atoms with E-state index in [9.17, 15) is 0 Å². The van der Waals surface area contributed by atoms with E-state index < -0.39 is 0 Å². The average Bonchev–Trinajstić information content (AvgIpc) is 2.34. The number of anilines is 2. The fraction of sp³-hybridized carbons (Fsp3) is 0.692. The number of aryl methyl sites for hydroxylation is 1. The van der Waals surface area contributed by atoms with E-state index in [1.807, 2.05) is 6.92 Å². The van der Waals surface area contributed by atoms with Gasteiger partial charge in [-0.1, -0.05) is 19.8 Å². The normalized spacial score (nSPS) is 23.9. The molecule has 1 aliphatic carbocycles. The molecule has 0 aromatic carbocycles. The minimum atomic E-state index is 0.251. The van der Waals surface area contributed by atoms with Crippen LogP contribution in [-0.2, 0) is 0 Å². The molecule has 0 spiro atoms. The van der Waals surface area contributed by atoms with E-state index in [0.29, 0.717) is 11.5 Å². The Bertz CT molecular complexity index is 414. The predicted molar refractivity (Wildman–Crippen MR) is 75.8 cm³/mol. The number of rotatable bonds is 3. The molecule has 1 aromatic rings. The number of nitrogens with zero attached hydrogens (tertiary/aromatic N) is 2. The molecule has 18 heavy (non-hydrogen) atoms. The van der Waals surface area contributed by atoms with Crippen molar-refractivity contribution in [1.29, 1.82) is 0 Å². The van der Waals surface area contributed by atoms with Gasteiger partial charge in [0.25, 0.3) is 0 Å². The van der Waals surface area contributed by atoms with Crippen molar-refractivity contribution in [3.8, 4) is 0 Å². The smallest absolute Gasteiger partial charge is 0.224 e. The number of nitrogen functional groups attached to an aromatic ring is 1. The first-order chi connectivity index (χ1) is 8.56. The summed E-state index contributed by atoms with van der Waals surface area (Å²) in [6.07, 6.45) is 5.22. The molecule has 4 nitrogen and oxygen atoms in total. The Morgan fingerprint density at radius 2 is 1.94 bits per heavy atom. The number of hydrogen-bond acceptors (Lipinski definition) is 4. The topological polar surface area (TPSA) is 63.8 Å². The van der Waals surface area contributed by atoms with Crippen LogP contribution >= 0.6 is 11.6 Å². The van der Waals surface area contributed by atoms with Gasteiger partial charge in [-0.3, -0.25) is 0 Å². The highest BCUT2D eigenvalue weighted by molar-refractivity contribution is 6.28. The lowest BCUT2D eigenvalue weighted by Gasteiger charge is -2.26. The first kappa shape index (κ1) is 13.4. The summed E-state index contributed by atoms with van der Waals surface area (Å²) in [7, 11) is 0. The molecule has 0 amide bonds. The second-order valence-corrected chi connectivity index (χ2v) is 5.69. The summed E-state index contributed by atoms with van der Waals surface area (Å²) < 4.78 is 0. The SMILES string of the molecule is Cc1nc(Cl)nc(NCC2CCC(C)CC2)c1N. The second-order valence-electron chi connectivity index (χ2n) is 5.35. The van der Waals surface area contributed by atoms with Crippen LogP contribution in [0.25, 0.3) is 0 Å². The maximum absolute atomic E-state index is 5.94. The van der Waals surface area contributed by atoms with Crippen LogP contribution in [0.1, 0.15) is 38.3 Å². The van der Waals surface area contributed by atoms with Gasteiger partial charge in [-0.15, -0.1) is 0 Å². The van der Waals surface area contributed by atoms with Crippen molar-refractivity contribution in [2.24, 2.45) is 11.8 Å². The summed E-state index contributed by atoms with van der Waals surface area (Å²) in [5.74, 6) is 2.27. The first-order valence-electron chi connectivity index (χ1n) is 6.59. The molecule has 5 heteroatoms. The highest BCUT2D eigenvalue weighted by Crippen LogP contribution is 2.29. The zero-order chi connectivity index (χ0) is 13.1. The molecule has 2 rings (SSSR count). The van der Waals surface area contributed by atoms with E-state index >= 15 is 0 Å². The third kappa shape index (κ3) is 3.25. The summed E-state index contributed by atoms with van der Waals surface area (Å²) in [6, 6.07) is 0. The monoisotopic (exact) mass is 268 g/mol. The number of halogens is 1. The maximum atomic E-state index is 5.94. The molecule has 0 unspecified atom stereocenters. The van der Waals surface area contributed by atoms with Gasteiger partial charge in [0.1, 0.15) is 0 Å². The number of aromatic nitrogens is 2. The standard InChI is InChI=1S/C13H21ClN4/c1-8-3-5-10(6-4-8)7-16-12-11(15)9(2)17-13(14)18-12/h8,10H,3-7,15H2,1-2H3,(H,16,17,18). The molecule has 0 aliphatic heterocycles. The Morgan fingerprint density at radius 3 is 2.61 bits per heavy atom. The Hall–Kier alpha value is -1.03. The van der Waals surface area contributed by atoms with Crippen LogP contribution in [0.15, 0.2) is 0 Å². The van der Waals surface area contributed by atoms with Crippen LogP contribution in [0.5, 0.6) is 0 Å². The first-order valence-corrected chi connectivity index (χ1v) is 6.97. The van der Waals surface area contributed by atoms with E-state index in [4.69, 9.17) is 17.3 Å². The summed E-state index contributed by atoms with van der Waals surface area (Å²) in [5, 5.41) is 3.57. The van der Waals surface area contributed by atoms with Crippen molar-refractivity contribution < 1.29 is 0 Å². The van der Waals surface area contributed by atoms with Gasteiger partial charge in [0.2, 0.25) is 5.28 Å². The van der Waals surface area contributed by atoms with E-state index in [2.05, 4.69) is 22.2 Å². The van der Waals surface area contributed by atoms with Crippen LogP contribution in [0.2, 0.25) is 5.28 Å². The fourth-order valence-corrected chi connectivity index (χ4v) is 2.67. The van der Waals surface area contributed by atoms with Crippen LogP contribution in [0.4, 0.5) is 11.5 Å². The number of nitrogens with two attached hydrogens (primary N) is 1. The molecule has 0 saturated heterocycles. The molecule has 1 aliphatic rings. The van der Waals surface area contributed by atoms with Crippen LogP contribution in [0.3, 0.4) is 0 Å². The molecule has 1 fully saturated rings. The van der Waals surface area contributed by atoms with Gasteiger partial charge in [-0.05, 0) is 43.2 Å². The zero-order valence-corrected chi connectivity index (χ0v) is 11.8. The van der Waals surface area contributed by atoms with Crippen molar-refractivity contribution in [3.63, 3.8) is 0 Å². The zero-order valence-electron chi connectivity index (χ0n) is 11.0. The quantitative estimate of drug-likeness (QED) is 0.826. The fourth-order valence-electron chi connectivity index (χ4n) is 2.46. The van der Waals surface area contributed by atoms with Crippen molar-refractivity contribution in [1.82, 2.24) is 9.97 Å². The molecule has 1 aromatic heterocycles.